The molecule has 2 atom stereocenters. The number of rotatable bonds is 5. The zero-order valence-electron chi connectivity index (χ0n) is 12.5. The highest BCUT2D eigenvalue weighted by molar-refractivity contribution is 5.87. The van der Waals surface area contributed by atoms with Crippen molar-refractivity contribution in [3.05, 3.63) is 29.8 Å². The Bertz CT molecular complexity index is 532. The van der Waals surface area contributed by atoms with E-state index in [-0.39, 0.29) is 11.8 Å². The fourth-order valence-electron chi connectivity index (χ4n) is 2.69. The standard InChI is InChI=1S/C15H21N3O4/c1-22-12-4-2-10(3-5-12)11-6-7-18(8-11)14(20)13(9-19)17-15(16)21/h2-5,11,13,19H,6-9H2,1H3,(H3,16,17,21). The summed E-state index contributed by atoms with van der Waals surface area (Å²) in [4.78, 5) is 24.8. The first-order valence-corrected chi connectivity index (χ1v) is 7.14. The van der Waals surface area contributed by atoms with E-state index in [1.807, 2.05) is 24.3 Å². The minimum Gasteiger partial charge on any atom is -0.497 e. The summed E-state index contributed by atoms with van der Waals surface area (Å²) in [6.07, 6.45) is 0.840. The van der Waals surface area contributed by atoms with Gasteiger partial charge in [-0.25, -0.2) is 4.79 Å². The van der Waals surface area contributed by atoms with Crippen LogP contribution in [0.15, 0.2) is 24.3 Å². The van der Waals surface area contributed by atoms with E-state index in [1.54, 1.807) is 12.0 Å². The summed E-state index contributed by atoms with van der Waals surface area (Å²) >= 11 is 0. The van der Waals surface area contributed by atoms with Gasteiger partial charge in [0.1, 0.15) is 11.8 Å². The minimum absolute atomic E-state index is 0.239. The summed E-state index contributed by atoms with van der Waals surface area (Å²) in [5, 5.41) is 11.5. The molecule has 0 radical (unpaired) electrons. The number of methoxy groups -OCH3 is 1. The topological polar surface area (TPSA) is 105 Å². The number of amides is 3. The SMILES string of the molecule is COc1ccc(C2CCN(C(=O)C(CO)NC(N)=O)C2)cc1. The van der Waals surface area contributed by atoms with Gasteiger partial charge in [-0.05, 0) is 24.1 Å². The Balaban J connectivity index is 1.98. The maximum absolute atomic E-state index is 12.3. The summed E-state index contributed by atoms with van der Waals surface area (Å²) in [5.74, 6) is 0.723. The van der Waals surface area contributed by atoms with Gasteiger partial charge in [0.25, 0.3) is 0 Å². The van der Waals surface area contributed by atoms with Gasteiger partial charge in [0.15, 0.2) is 0 Å². The summed E-state index contributed by atoms with van der Waals surface area (Å²) in [5.41, 5.74) is 6.15. The molecule has 0 spiro atoms. The lowest BCUT2D eigenvalue weighted by molar-refractivity contribution is -0.133. The number of nitrogens with two attached hydrogens (primary N) is 1. The van der Waals surface area contributed by atoms with Gasteiger partial charge < -0.3 is 25.8 Å². The zero-order chi connectivity index (χ0) is 16.1. The second-order valence-electron chi connectivity index (χ2n) is 5.29. The third-order valence-corrected chi connectivity index (χ3v) is 3.88. The molecule has 2 unspecified atom stereocenters. The molecule has 1 heterocycles. The molecule has 0 saturated carbocycles. The van der Waals surface area contributed by atoms with E-state index < -0.39 is 18.7 Å². The smallest absolute Gasteiger partial charge is 0.312 e. The van der Waals surface area contributed by atoms with Gasteiger partial charge in [-0.3, -0.25) is 4.79 Å². The van der Waals surface area contributed by atoms with E-state index in [4.69, 9.17) is 10.5 Å². The molecular weight excluding hydrogens is 286 g/mol. The number of hydrogen-bond acceptors (Lipinski definition) is 4. The number of aliphatic hydroxyl groups is 1. The second kappa shape index (κ2) is 7.13. The molecule has 3 amide bonds. The summed E-state index contributed by atoms with van der Waals surface area (Å²) in [6.45, 7) is 0.681. The average molecular weight is 307 g/mol. The Labute approximate surface area is 129 Å². The van der Waals surface area contributed by atoms with Crippen molar-refractivity contribution in [2.24, 2.45) is 5.73 Å². The number of ether oxygens (including phenoxy) is 1. The van der Waals surface area contributed by atoms with E-state index >= 15 is 0 Å². The second-order valence-corrected chi connectivity index (χ2v) is 5.29. The Morgan fingerprint density at radius 2 is 2.14 bits per heavy atom. The maximum Gasteiger partial charge on any atom is 0.312 e. The fraction of sp³-hybridized carbons (Fsp3) is 0.467. The molecule has 2 rings (SSSR count). The Kier molecular flexibility index (Phi) is 5.21. The first-order valence-electron chi connectivity index (χ1n) is 7.14. The van der Waals surface area contributed by atoms with Gasteiger partial charge in [0.05, 0.1) is 13.7 Å². The highest BCUT2D eigenvalue weighted by Crippen LogP contribution is 2.28. The molecule has 1 saturated heterocycles. The van der Waals surface area contributed by atoms with Crippen LogP contribution in [-0.2, 0) is 4.79 Å². The van der Waals surface area contributed by atoms with Crippen LogP contribution in [0.4, 0.5) is 4.79 Å². The highest BCUT2D eigenvalue weighted by atomic mass is 16.5. The number of hydrogen-bond donors (Lipinski definition) is 3. The molecule has 1 aliphatic rings. The molecule has 7 heteroatoms. The average Bonchev–Trinajstić information content (AvgIpc) is 3.01. The van der Waals surface area contributed by atoms with Crippen molar-refractivity contribution in [3.63, 3.8) is 0 Å². The zero-order valence-corrected chi connectivity index (χ0v) is 12.5. The van der Waals surface area contributed by atoms with Crippen LogP contribution in [0.25, 0.3) is 0 Å². The van der Waals surface area contributed by atoms with Crippen LogP contribution in [-0.4, -0.2) is 54.8 Å². The van der Waals surface area contributed by atoms with Crippen LogP contribution in [0.3, 0.4) is 0 Å². The Morgan fingerprint density at radius 3 is 2.68 bits per heavy atom. The van der Waals surface area contributed by atoms with E-state index in [9.17, 15) is 14.7 Å². The van der Waals surface area contributed by atoms with Gasteiger partial charge in [0, 0.05) is 19.0 Å². The van der Waals surface area contributed by atoms with Crippen LogP contribution in [0, 0.1) is 0 Å². The lowest BCUT2D eigenvalue weighted by Gasteiger charge is -2.22. The largest absolute Gasteiger partial charge is 0.497 e. The molecule has 0 aliphatic carbocycles. The van der Waals surface area contributed by atoms with Crippen LogP contribution in [0.1, 0.15) is 17.9 Å². The third kappa shape index (κ3) is 3.67. The molecule has 22 heavy (non-hydrogen) atoms. The number of carbonyl (C=O) groups excluding carboxylic acids is 2. The molecule has 0 aromatic heterocycles. The maximum atomic E-state index is 12.3. The number of carbonyl (C=O) groups is 2. The van der Waals surface area contributed by atoms with Crippen LogP contribution in [0.2, 0.25) is 0 Å². The number of nitrogens with one attached hydrogen (secondary N) is 1. The van der Waals surface area contributed by atoms with E-state index in [0.717, 1.165) is 17.7 Å². The number of benzene rings is 1. The molecule has 4 N–H and O–H groups in total. The van der Waals surface area contributed by atoms with Crippen molar-refractivity contribution in [2.75, 3.05) is 26.8 Å². The van der Waals surface area contributed by atoms with E-state index in [2.05, 4.69) is 5.32 Å². The molecule has 1 aliphatic heterocycles. The molecule has 7 nitrogen and oxygen atoms in total. The third-order valence-electron chi connectivity index (χ3n) is 3.88. The number of primary amides is 1. The summed E-state index contributed by atoms with van der Waals surface area (Å²) in [7, 11) is 1.62. The first-order chi connectivity index (χ1) is 10.5. The van der Waals surface area contributed by atoms with Crippen molar-refractivity contribution in [2.45, 2.75) is 18.4 Å². The molecule has 0 bridgehead atoms. The number of aliphatic hydroxyl groups excluding tert-OH is 1. The van der Waals surface area contributed by atoms with Gasteiger partial charge in [0.2, 0.25) is 5.91 Å². The Morgan fingerprint density at radius 1 is 1.45 bits per heavy atom. The number of likely N-dealkylation sites (tertiary alicyclic amines) is 1. The van der Waals surface area contributed by atoms with Crippen LogP contribution < -0.4 is 15.8 Å². The van der Waals surface area contributed by atoms with Gasteiger partial charge in [-0.2, -0.15) is 0 Å². The van der Waals surface area contributed by atoms with Gasteiger partial charge in [-0.1, -0.05) is 12.1 Å². The lowest BCUT2D eigenvalue weighted by Crippen LogP contribution is -2.51. The monoisotopic (exact) mass is 307 g/mol. The molecule has 1 fully saturated rings. The predicted octanol–water partition coefficient (Wildman–Crippen LogP) is 0.0403. The quantitative estimate of drug-likeness (QED) is 0.714. The van der Waals surface area contributed by atoms with Crippen molar-refractivity contribution >= 4 is 11.9 Å². The van der Waals surface area contributed by atoms with Crippen LogP contribution in [0.5, 0.6) is 5.75 Å². The van der Waals surface area contributed by atoms with Crippen molar-refractivity contribution in [1.29, 1.82) is 0 Å². The molecular formula is C15H21N3O4. The normalized spacial score (nSPS) is 18.8. The van der Waals surface area contributed by atoms with Crippen molar-refractivity contribution in [3.8, 4) is 5.75 Å². The van der Waals surface area contributed by atoms with Crippen LogP contribution >= 0.6 is 0 Å². The minimum atomic E-state index is -0.980. The first kappa shape index (κ1) is 16.1. The van der Waals surface area contributed by atoms with E-state index in [1.165, 1.54) is 0 Å². The lowest BCUT2D eigenvalue weighted by atomic mass is 9.98. The molecule has 120 valence electrons. The van der Waals surface area contributed by atoms with Gasteiger partial charge in [-0.15, -0.1) is 0 Å². The highest BCUT2D eigenvalue weighted by Gasteiger charge is 2.31. The predicted molar refractivity (Wildman–Crippen MR) is 80.5 cm³/mol. The number of urea groups is 1. The van der Waals surface area contributed by atoms with Gasteiger partial charge >= 0.3 is 6.03 Å². The van der Waals surface area contributed by atoms with E-state index in [0.29, 0.717) is 13.1 Å². The molecule has 1 aromatic rings. The summed E-state index contributed by atoms with van der Waals surface area (Å²) < 4.78 is 5.13. The molecule has 1 aromatic carbocycles. The summed E-state index contributed by atoms with van der Waals surface area (Å²) in [6, 6.07) is 5.96. The fourth-order valence-corrected chi connectivity index (χ4v) is 2.69. The Hall–Kier alpha value is -2.28. The number of nitrogens with zero attached hydrogens (tertiary/aromatic N) is 1. The van der Waals surface area contributed by atoms with Crippen molar-refractivity contribution in [1.82, 2.24) is 10.2 Å². The van der Waals surface area contributed by atoms with Crippen molar-refractivity contribution < 1.29 is 19.4 Å².